The summed E-state index contributed by atoms with van der Waals surface area (Å²) in [5.41, 5.74) is -0.0771. The lowest BCUT2D eigenvalue weighted by Gasteiger charge is -1.91. The molecule has 0 aliphatic rings. The molecule has 0 aromatic carbocycles. The second-order valence-corrected chi connectivity index (χ2v) is 1.88. The second kappa shape index (κ2) is 3.87. The van der Waals surface area contributed by atoms with E-state index in [4.69, 9.17) is 5.11 Å². The molecule has 0 aliphatic carbocycles. The summed E-state index contributed by atoms with van der Waals surface area (Å²) >= 11 is 3.61. The number of carbonyl (C=O) groups is 1. The SMILES string of the molecule is CC(C(=O)O)=C(S)N=C=O. The fourth-order valence-electron chi connectivity index (χ4n) is 0.223. The van der Waals surface area contributed by atoms with Crippen LogP contribution in [0.2, 0.25) is 0 Å². The Hall–Kier alpha value is -1.06. The number of thiol groups is 1. The number of nitrogens with zero attached hydrogens (tertiary/aromatic N) is 1. The van der Waals surface area contributed by atoms with Crippen LogP contribution in [0.4, 0.5) is 0 Å². The lowest BCUT2D eigenvalue weighted by atomic mass is 10.3. The number of hydrogen-bond acceptors (Lipinski definition) is 4. The molecule has 0 rings (SSSR count). The van der Waals surface area contributed by atoms with Gasteiger partial charge in [-0.15, -0.1) is 12.6 Å². The van der Waals surface area contributed by atoms with Crippen LogP contribution in [0.3, 0.4) is 0 Å². The van der Waals surface area contributed by atoms with E-state index in [-0.39, 0.29) is 10.6 Å². The Morgan fingerprint density at radius 3 is 2.50 bits per heavy atom. The van der Waals surface area contributed by atoms with E-state index in [2.05, 4.69) is 17.6 Å². The predicted molar refractivity (Wildman–Crippen MR) is 37.4 cm³/mol. The van der Waals surface area contributed by atoms with Gasteiger partial charge in [-0.1, -0.05) is 0 Å². The lowest BCUT2D eigenvalue weighted by molar-refractivity contribution is -0.132. The molecule has 0 heterocycles. The van der Waals surface area contributed by atoms with Crippen LogP contribution in [-0.2, 0) is 9.59 Å². The molecule has 0 fully saturated rings. The van der Waals surface area contributed by atoms with E-state index in [0.29, 0.717) is 0 Å². The van der Waals surface area contributed by atoms with E-state index in [1.807, 2.05) is 0 Å². The fourth-order valence-corrected chi connectivity index (χ4v) is 0.359. The molecule has 0 unspecified atom stereocenters. The van der Waals surface area contributed by atoms with Crippen LogP contribution in [0.1, 0.15) is 6.92 Å². The third-order valence-corrected chi connectivity index (χ3v) is 1.24. The van der Waals surface area contributed by atoms with Crippen molar-refractivity contribution < 1.29 is 14.7 Å². The first kappa shape index (κ1) is 8.94. The van der Waals surface area contributed by atoms with Gasteiger partial charge < -0.3 is 5.11 Å². The maximum Gasteiger partial charge on any atom is 0.334 e. The molecule has 1 N–H and O–H groups in total. The van der Waals surface area contributed by atoms with E-state index < -0.39 is 5.97 Å². The summed E-state index contributed by atoms with van der Waals surface area (Å²) in [5, 5.41) is 8.16. The van der Waals surface area contributed by atoms with Crippen molar-refractivity contribution in [2.24, 2.45) is 4.99 Å². The Kier molecular flexibility index (Phi) is 3.46. The summed E-state index contributed by atoms with van der Waals surface area (Å²) in [5.74, 6) is -1.15. The highest BCUT2D eigenvalue weighted by molar-refractivity contribution is 7.84. The number of hydrogen-bond donors (Lipinski definition) is 2. The van der Waals surface area contributed by atoms with Gasteiger partial charge in [-0.25, -0.2) is 9.59 Å². The van der Waals surface area contributed by atoms with E-state index in [9.17, 15) is 9.59 Å². The van der Waals surface area contributed by atoms with Crippen molar-refractivity contribution in [2.75, 3.05) is 0 Å². The monoisotopic (exact) mass is 159 g/mol. The van der Waals surface area contributed by atoms with Gasteiger partial charge in [-0.2, -0.15) is 4.99 Å². The molecule has 10 heavy (non-hydrogen) atoms. The second-order valence-electron chi connectivity index (χ2n) is 1.46. The van der Waals surface area contributed by atoms with E-state index in [0.717, 1.165) is 0 Å². The summed E-state index contributed by atoms with van der Waals surface area (Å²) in [6.07, 6.45) is 1.18. The molecule has 5 heteroatoms. The van der Waals surface area contributed by atoms with Gasteiger partial charge >= 0.3 is 5.97 Å². The average Bonchev–Trinajstić information content (AvgIpc) is 1.87. The maximum atomic E-state index is 10.1. The first-order valence-electron chi connectivity index (χ1n) is 2.30. The van der Waals surface area contributed by atoms with Crippen molar-refractivity contribution in [3.05, 3.63) is 10.6 Å². The molecule has 54 valence electrons. The summed E-state index contributed by atoms with van der Waals surface area (Å²) < 4.78 is 0. The smallest absolute Gasteiger partial charge is 0.334 e. The van der Waals surface area contributed by atoms with Crippen molar-refractivity contribution in [2.45, 2.75) is 6.92 Å². The third-order valence-electron chi connectivity index (χ3n) is 0.808. The van der Waals surface area contributed by atoms with Crippen LogP contribution in [0.15, 0.2) is 15.6 Å². The van der Waals surface area contributed by atoms with Crippen molar-refractivity contribution in [3.63, 3.8) is 0 Å². The average molecular weight is 159 g/mol. The van der Waals surface area contributed by atoms with Crippen LogP contribution < -0.4 is 0 Å². The number of carbonyl (C=O) groups excluding carboxylic acids is 1. The highest BCUT2D eigenvalue weighted by Crippen LogP contribution is 2.08. The van der Waals surface area contributed by atoms with Crippen LogP contribution in [0.5, 0.6) is 0 Å². The minimum Gasteiger partial charge on any atom is -0.478 e. The van der Waals surface area contributed by atoms with Gasteiger partial charge in [0, 0.05) is 0 Å². The van der Waals surface area contributed by atoms with E-state index in [1.54, 1.807) is 0 Å². The minimum absolute atomic E-state index is 0.0771. The molecule has 0 aromatic rings. The first-order valence-corrected chi connectivity index (χ1v) is 2.75. The Morgan fingerprint density at radius 2 is 2.20 bits per heavy atom. The Balaban J connectivity index is 4.66. The highest BCUT2D eigenvalue weighted by atomic mass is 32.1. The molecule has 4 nitrogen and oxygen atoms in total. The minimum atomic E-state index is -1.15. The zero-order chi connectivity index (χ0) is 8.15. The number of isocyanates is 1. The molecule has 0 aromatic heterocycles. The summed E-state index contributed by atoms with van der Waals surface area (Å²) in [6, 6.07) is 0. The standard InChI is InChI=1S/C5H5NO3S/c1-3(5(8)9)4(10)6-2-7/h10H,1H3,(H,8,9). The maximum absolute atomic E-state index is 10.1. The fraction of sp³-hybridized carbons (Fsp3) is 0.200. The van der Waals surface area contributed by atoms with Gasteiger partial charge in [0.2, 0.25) is 6.08 Å². The van der Waals surface area contributed by atoms with Gasteiger partial charge in [0.15, 0.2) is 0 Å². The van der Waals surface area contributed by atoms with E-state index >= 15 is 0 Å². The van der Waals surface area contributed by atoms with Gasteiger partial charge in [0.05, 0.1) is 5.57 Å². The van der Waals surface area contributed by atoms with Crippen LogP contribution in [-0.4, -0.2) is 17.2 Å². The number of carboxylic acids is 1. The van der Waals surface area contributed by atoms with Crippen molar-refractivity contribution >= 4 is 24.7 Å². The molecule has 0 saturated heterocycles. The predicted octanol–water partition coefficient (Wildman–Crippen LogP) is 0.568. The molecular weight excluding hydrogens is 154 g/mol. The number of aliphatic carboxylic acids is 1. The molecule has 0 bridgehead atoms. The Bertz CT molecular complexity index is 217. The topological polar surface area (TPSA) is 66.7 Å². The van der Waals surface area contributed by atoms with Crippen molar-refractivity contribution in [1.29, 1.82) is 0 Å². The van der Waals surface area contributed by atoms with Crippen LogP contribution in [0, 0.1) is 0 Å². The first-order chi connectivity index (χ1) is 4.59. The normalized spacial score (nSPS) is 11.4. The van der Waals surface area contributed by atoms with Crippen molar-refractivity contribution in [1.82, 2.24) is 0 Å². The highest BCUT2D eigenvalue weighted by Gasteiger charge is 2.03. The molecular formula is C5H5NO3S. The molecule has 0 amide bonds. The Morgan fingerprint density at radius 1 is 1.70 bits per heavy atom. The summed E-state index contributed by atoms with van der Waals surface area (Å²) in [7, 11) is 0. The third kappa shape index (κ3) is 2.48. The molecule has 0 saturated carbocycles. The molecule has 0 spiro atoms. The number of rotatable bonds is 2. The molecule has 0 aliphatic heterocycles. The van der Waals surface area contributed by atoms with Gasteiger partial charge in [-0.05, 0) is 6.92 Å². The Labute approximate surface area is 62.7 Å². The van der Waals surface area contributed by atoms with Gasteiger partial charge in [0.1, 0.15) is 5.03 Å². The summed E-state index contributed by atoms with van der Waals surface area (Å²) in [4.78, 5) is 22.7. The zero-order valence-corrected chi connectivity index (χ0v) is 6.05. The van der Waals surface area contributed by atoms with Crippen molar-refractivity contribution in [3.8, 4) is 0 Å². The molecule has 0 radical (unpaired) electrons. The quantitative estimate of drug-likeness (QED) is 0.268. The van der Waals surface area contributed by atoms with Crippen LogP contribution in [0.25, 0.3) is 0 Å². The van der Waals surface area contributed by atoms with E-state index in [1.165, 1.54) is 13.0 Å². The zero-order valence-electron chi connectivity index (χ0n) is 5.16. The largest absolute Gasteiger partial charge is 0.478 e. The number of aliphatic imine (C=N–C) groups is 1. The van der Waals surface area contributed by atoms with Gasteiger partial charge in [0.25, 0.3) is 0 Å². The van der Waals surface area contributed by atoms with Gasteiger partial charge in [-0.3, -0.25) is 0 Å². The molecule has 0 atom stereocenters. The summed E-state index contributed by atoms with van der Waals surface area (Å²) in [6.45, 7) is 1.30. The van der Waals surface area contributed by atoms with Crippen LogP contribution >= 0.6 is 12.6 Å². The number of carboxylic acid groups (broad SMARTS) is 1. The lowest BCUT2D eigenvalue weighted by Crippen LogP contribution is -1.97.